The van der Waals surface area contributed by atoms with Crippen molar-refractivity contribution in [3.8, 4) is 5.69 Å². The molecule has 0 spiro atoms. The lowest BCUT2D eigenvalue weighted by atomic mass is 10.2. The van der Waals surface area contributed by atoms with Crippen LogP contribution in [0.4, 0.5) is 13.2 Å². The van der Waals surface area contributed by atoms with Gasteiger partial charge in [0.1, 0.15) is 0 Å². The maximum absolute atomic E-state index is 12.8. The van der Waals surface area contributed by atoms with Crippen molar-refractivity contribution >= 4 is 17.0 Å². The van der Waals surface area contributed by atoms with Crippen LogP contribution in [0.3, 0.4) is 0 Å². The Kier molecular flexibility index (Phi) is 4.50. The number of nitrogens with zero attached hydrogens (tertiary/aromatic N) is 2. The summed E-state index contributed by atoms with van der Waals surface area (Å²) in [5.41, 5.74) is -1.13. The van der Waals surface area contributed by atoms with Crippen LogP contribution in [0.1, 0.15) is 23.0 Å². The fraction of sp³-hybridized carbons (Fsp3) is 0.167. The van der Waals surface area contributed by atoms with Gasteiger partial charge < -0.3 is 4.74 Å². The van der Waals surface area contributed by atoms with Crippen LogP contribution >= 0.6 is 0 Å². The molecule has 0 bridgehead atoms. The van der Waals surface area contributed by atoms with Gasteiger partial charge in [-0.3, -0.25) is 9.36 Å². The number of rotatable bonds is 3. The molecule has 0 saturated carbocycles. The monoisotopic (exact) mass is 362 g/mol. The molecule has 3 aromatic rings. The van der Waals surface area contributed by atoms with E-state index in [1.165, 1.54) is 12.1 Å². The van der Waals surface area contributed by atoms with Gasteiger partial charge in [0.25, 0.3) is 5.56 Å². The first-order chi connectivity index (χ1) is 12.3. The lowest BCUT2D eigenvalue weighted by Crippen LogP contribution is -2.28. The van der Waals surface area contributed by atoms with E-state index in [1.807, 2.05) is 0 Å². The quantitative estimate of drug-likeness (QED) is 0.668. The molecular formula is C18H13F3N2O3. The Morgan fingerprint density at radius 2 is 1.77 bits per heavy atom. The Hall–Kier alpha value is -3.16. The van der Waals surface area contributed by atoms with Gasteiger partial charge in [0, 0.05) is 5.69 Å². The summed E-state index contributed by atoms with van der Waals surface area (Å²) in [5.74, 6) is -0.885. The molecule has 3 rings (SSSR count). The summed E-state index contributed by atoms with van der Waals surface area (Å²) in [6.45, 7) is 1.65. The predicted octanol–water partition coefficient (Wildman–Crippen LogP) is 3.58. The Morgan fingerprint density at radius 3 is 2.38 bits per heavy atom. The van der Waals surface area contributed by atoms with Crippen molar-refractivity contribution in [2.45, 2.75) is 13.1 Å². The molecule has 1 heterocycles. The van der Waals surface area contributed by atoms with Gasteiger partial charge in [0.2, 0.25) is 5.69 Å². The molecule has 0 aliphatic rings. The highest BCUT2D eigenvalue weighted by Gasteiger charge is 2.30. The number of carbonyl (C=O) groups excluding carboxylic acids is 1. The van der Waals surface area contributed by atoms with E-state index < -0.39 is 29.0 Å². The first-order valence-electron chi connectivity index (χ1n) is 7.69. The van der Waals surface area contributed by atoms with Crippen LogP contribution in [-0.2, 0) is 10.9 Å². The van der Waals surface area contributed by atoms with Crippen molar-refractivity contribution in [1.29, 1.82) is 0 Å². The number of benzene rings is 2. The molecule has 0 unspecified atom stereocenters. The Labute approximate surface area is 145 Å². The second-order valence-electron chi connectivity index (χ2n) is 5.35. The third kappa shape index (κ3) is 3.17. The molecule has 0 fully saturated rings. The highest BCUT2D eigenvalue weighted by Crippen LogP contribution is 2.29. The van der Waals surface area contributed by atoms with E-state index in [-0.39, 0.29) is 12.3 Å². The van der Waals surface area contributed by atoms with Crippen molar-refractivity contribution in [3.05, 3.63) is 70.1 Å². The molecule has 8 heteroatoms. The van der Waals surface area contributed by atoms with E-state index in [4.69, 9.17) is 4.74 Å². The van der Waals surface area contributed by atoms with Crippen LogP contribution in [0.2, 0.25) is 0 Å². The van der Waals surface area contributed by atoms with Gasteiger partial charge in [0.15, 0.2) is 0 Å². The molecule has 0 N–H and O–H groups in total. The minimum absolute atomic E-state index is 0.0626. The fourth-order valence-electron chi connectivity index (χ4n) is 2.52. The van der Waals surface area contributed by atoms with E-state index in [0.717, 1.165) is 16.7 Å². The van der Waals surface area contributed by atoms with Crippen LogP contribution in [0.25, 0.3) is 16.7 Å². The van der Waals surface area contributed by atoms with Gasteiger partial charge in [0.05, 0.1) is 23.2 Å². The zero-order chi connectivity index (χ0) is 18.9. The summed E-state index contributed by atoms with van der Waals surface area (Å²) in [5, 5.41) is 0. The normalized spacial score (nSPS) is 11.5. The highest BCUT2D eigenvalue weighted by molar-refractivity contribution is 5.90. The van der Waals surface area contributed by atoms with Crippen molar-refractivity contribution in [2.75, 3.05) is 6.61 Å². The van der Waals surface area contributed by atoms with Gasteiger partial charge in [-0.2, -0.15) is 13.2 Å². The summed E-state index contributed by atoms with van der Waals surface area (Å²) in [4.78, 5) is 28.8. The number of carbonyl (C=O) groups is 1. The largest absolute Gasteiger partial charge is 0.461 e. The zero-order valence-electron chi connectivity index (χ0n) is 13.6. The summed E-state index contributed by atoms with van der Waals surface area (Å²) in [7, 11) is 0. The predicted molar refractivity (Wildman–Crippen MR) is 88.3 cm³/mol. The van der Waals surface area contributed by atoms with E-state index in [1.54, 1.807) is 31.2 Å². The van der Waals surface area contributed by atoms with E-state index >= 15 is 0 Å². The Morgan fingerprint density at radius 1 is 1.12 bits per heavy atom. The fourth-order valence-corrected chi connectivity index (χ4v) is 2.52. The Balaban J connectivity index is 2.26. The third-order valence-corrected chi connectivity index (χ3v) is 3.68. The maximum Gasteiger partial charge on any atom is 0.416 e. The van der Waals surface area contributed by atoms with E-state index in [2.05, 4.69) is 4.98 Å². The lowest BCUT2D eigenvalue weighted by molar-refractivity contribution is -0.137. The molecule has 0 saturated heterocycles. The number of para-hydroxylation sites is 2. The molecular weight excluding hydrogens is 349 g/mol. The maximum atomic E-state index is 12.8. The molecule has 5 nitrogen and oxygen atoms in total. The SMILES string of the molecule is CCOC(=O)c1nc2ccccc2n(-c2ccc(C(F)(F)F)cc2)c1=O. The van der Waals surface area contributed by atoms with Gasteiger partial charge in [-0.1, -0.05) is 12.1 Å². The number of fused-ring (bicyclic) bond motifs is 1. The number of hydrogen-bond acceptors (Lipinski definition) is 4. The zero-order valence-corrected chi connectivity index (χ0v) is 13.6. The number of esters is 1. The molecule has 26 heavy (non-hydrogen) atoms. The van der Waals surface area contributed by atoms with Crippen molar-refractivity contribution in [3.63, 3.8) is 0 Å². The van der Waals surface area contributed by atoms with Crippen LogP contribution in [0, 0.1) is 0 Å². The smallest absolute Gasteiger partial charge is 0.416 e. The molecule has 0 atom stereocenters. The molecule has 0 aliphatic heterocycles. The summed E-state index contributed by atoms with van der Waals surface area (Å²) in [6, 6.07) is 10.6. The van der Waals surface area contributed by atoms with Crippen molar-refractivity contribution in [2.24, 2.45) is 0 Å². The van der Waals surface area contributed by atoms with Crippen LogP contribution in [-0.4, -0.2) is 22.1 Å². The summed E-state index contributed by atoms with van der Waals surface area (Å²) in [6.07, 6.45) is -4.49. The molecule has 1 aromatic heterocycles. The molecule has 2 aromatic carbocycles. The second-order valence-corrected chi connectivity index (χ2v) is 5.35. The van der Waals surface area contributed by atoms with E-state index in [0.29, 0.717) is 11.0 Å². The summed E-state index contributed by atoms with van der Waals surface area (Å²) < 4.78 is 44.3. The first-order valence-corrected chi connectivity index (χ1v) is 7.69. The Bertz CT molecular complexity index is 1020. The topological polar surface area (TPSA) is 61.2 Å². The van der Waals surface area contributed by atoms with Gasteiger partial charge >= 0.3 is 12.1 Å². The number of hydrogen-bond donors (Lipinski definition) is 0. The standard InChI is InChI=1S/C18H13F3N2O3/c1-2-26-17(25)15-16(24)23(14-6-4-3-5-13(14)22-15)12-9-7-11(8-10-12)18(19,20)21/h3-10H,2H2,1H3. The van der Waals surface area contributed by atoms with Gasteiger partial charge in [-0.05, 0) is 43.3 Å². The highest BCUT2D eigenvalue weighted by atomic mass is 19.4. The number of halogens is 3. The third-order valence-electron chi connectivity index (χ3n) is 3.68. The number of ether oxygens (including phenoxy) is 1. The first kappa shape index (κ1) is 17.7. The van der Waals surface area contributed by atoms with E-state index in [9.17, 15) is 22.8 Å². The average molecular weight is 362 g/mol. The molecule has 134 valence electrons. The van der Waals surface area contributed by atoms with Gasteiger partial charge in [-0.15, -0.1) is 0 Å². The second kappa shape index (κ2) is 6.62. The van der Waals surface area contributed by atoms with Crippen LogP contribution < -0.4 is 5.56 Å². The minimum Gasteiger partial charge on any atom is -0.461 e. The number of aromatic nitrogens is 2. The molecule has 0 radical (unpaired) electrons. The lowest BCUT2D eigenvalue weighted by Gasteiger charge is -2.13. The average Bonchev–Trinajstić information content (AvgIpc) is 2.61. The number of alkyl halides is 3. The van der Waals surface area contributed by atoms with Gasteiger partial charge in [-0.25, -0.2) is 9.78 Å². The molecule has 0 aliphatic carbocycles. The van der Waals surface area contributed by atoms with Crippen molar-refractivity contribution in [1.82, 2.24) is 9.55 Å². The minimum atomic E-state index is -4.49. The van der Waals surface area contributed by atoms with Crippen LogP contribution in [0.15, 0.2) is 53.3 Å². The summed E-state index contributed by atoms with van der Waals surface area (Å²) >= 11 is 0. The van der Waals surface area contributed by atoms with Crippen molar-refractivity contribution < 1.29 is 22.7 Å². The van der Waals surface area contributed by atoms with Crippen LogP contribution in [0.5, 0.6) is 0 Å². The molecule has 0 amide bonds.